The minimum atomic E-state index is 0.397. The molecule has 0 saturated heterocycles. The maximum absolute atomic E-state index is 5.40. The third-order valence-electron chi connectivity index (χ3n) is 3.83. The second-order valence-corrected chi connectivity index (χ2v) is 4.68. The van der Waals surface area contributed by atoms with Crippen LogP contribution < -0.4 is 15.0 Å². The third-order valence-corrected chi connectivity index (χ3v) is 3.83. The summed E-state index contributed by atoms with van der Waals surface area (Å²) in [6, 6.07) is 6.28. The summed E-state index contributed by atoms with van der Waals surface area (Å²) in [5.41, 5.74) is 2.85. The number of methoxy groups -OCH3 is 1. The van der Waals surface area contributed by atoms with Crippen molar-refractivity contribution in [2.24, 2.45) is 0 Å². The number of hydrogen-bond acceptors (Lipinski definition) is 3. The summed E-state index contributed by atoms with van der Waals surface area (Å²) >= 11 is 0. The van der Waals surface area contributed by atoms with E-state index in [0.29, 0.717) is 5.54 Å². The van der Waals surface area contributed by atoms with Gasteiger partial charge in [0.1, 0.15) is 11.4 Å². The zero-order chi connectivity index (χ0) is 11.2. The molecule has 86 valence electrons. The van der Waals surface area contributed by atoms with Gasteiger partial charge in [-0.3, -0.25) is 0 Å². The van der Waals surface area contributed by atoms with Gasteiger partial charge in [0.25, 0.3) is 0 Å². The van der Waals surface area contributed by atoms with E-state index in [1.807, 2.05) is 6.07 Å². The molecule has 1 aromatic rings. The maximum atomic E-state index is 5.40. The van der Waals surface area contributed by atoms with E-state index in [1.165, 1.54) is 18.5 Å². The molecule has 0 bridgehead atoms. The average Bonchev–Trinajstić information content (AvgIpc) is 3.08. The number of para-hydroxylation sites is 1. The molecule has 1 spiro atoms. The van der Waals surface area contributed by atoms with Gasteiger partial charge in [-0.15, -0.1) is 0 Å². The van der Waals surface area contributed by atoms with E-state index in [-0.39, 0.29) is 0 Å². The van der Waals surface area contributed by atoms with Gasteiger partial charge in [0, 0.05) is 13.1 Å². The molecule has 0 radical (unpaired) electrons. The van der Waals surface area contributed by atoms with E-state index in [2.05, 4.69) is 29.3 Å². The van der Waals surface area contributed by atoms with Gasteiger partial charge in [0.05, 0.1) is 18.3 Å². The largest absolute Gasteiger partial charge is 0.495 e. The van der Waals surface area contributed by atoms with Crippen LogP contribution in [0.1, 0.15) is 19.8 Å². The number of fused-ring (bicyclic) bond motifs is 1. The number of hydrogen-bond donors (Lipinski definition) is 1. The Hall–Kier alpha value is -1.38. The minimum Gasteiger partial charge on any atom is -0.495 e. The highest BCUT2D eigenvalue weighted by Gasteiger charge is 2.50. The first-order valence-electron chi connectivity index (χ1n) is 5.99. The molecule has 3 heteroatoms. The lowest BCUT2D eigenvalue weighted by Gasteiger charge is -2.40. The van der Waals surface area contributed by atoms with Gasteiger partial charge in [-0.25, -0.2) is 0 Å². The fraction of sp³-hybridized carbons (Fsp3) is 0.538. The van der Waals surface area contributed by atoms with Crippen LogP contribution in [0.2, 0.25) is 0 Å². The molecule has 0 amide bonds. The first-order chi connectivity index (χ1) is 7.80. The molecule has 3 nitrogen and oxygen atoms in total. The monoisotopic (exact) mass is 218 g/mol. The van der Waals surface area contributed by atoms with Crippen LogP contribution in [0.3, 0.4) is 0 Å². The molecule has 1 heterocycles. The molecule has 0 atom stereocenters. The number of ether oxygens (including phenoxy) is 1. The van der Waals surface area contributed by atoms with Crippen LogP contribution in [0.5, 0.6) is 5.75 Å². The molecule has 1 aliphatic carbocycles. The average molecular weight is 218 g/mol. The zero-order valence-electron chi connectivity index (χ0n) is 9.92. The minimum absolute atomic E-state index is 0.397. The molecular formula is C13H18N2O. The topological polar surface area (TPSA) is 24.5 Å². The van der Waals surface area contributed by atoms with Crippen molar-refractivity contribution in [1.82, 2.24) is 0 Å². The predicted octanol–water partition coefficient (Wildman–Crippen LogP) is 2.48. The molecule has 1 aromatic carbocycles. The lowest BCUT2D eigenvalue weighted by Crippen LogP contribution is -2.46. The van der Waals surface area contributed by atoms with Crippen molar-refractivity contribution in [2.45, 2.75) is 25.3 Å². The van der Waals surface area contributed by atoms with E-state index < -0.39 is 0 Å². The first kappa shape index (κ1) is 9.82. The summed E-state index contributed by atoms with van der Waals surface area (Å²) in [7, 11) is 1.73. The van der Waals surface area contributed by atoms with Crippen molar-refractivity contribution in [2.75, 3.05) is 30.4 Å². The standard InChI is InChI=1S/C13H18N2O/c1-3-15-10-5-4-6-11(16-2)12(10)14-9-13(15)7-8-13/h4-6,14H,3,7-9H2,1-2H3. The Morgan fingerprint density at radius 1 is 1.44 bits per heavy atom. The number of benzene rings is 1. The molecule has 0 unspecified atom stereocenters. The third kappa shape index (κ3) is 1.20. The normalized spacial score (nSPS) is 20.2. The van der Waals surface area contributed by atoms with Crippen molar-refractivity contribution in [3.05, 3.63) is 18.2 Å². The molecular weight excluding hydrogens is 200 g/mol. The summed E-state index contributed by atoms with van der Waals surface area (Å²) in [5, 5.41) is 3.53. The van der Waals surface area contributed by atoms with Crippen LogP contribution in [0.25, 0.3) is 0 Å². The van der Waals surface area contributed by atoms with E-state index in [9.17, 15) is 0 Å². The van der Waals surface area contributed by atoms with Crippen LogP contribution in [0, 0.1) is 0 Å². The van der Waals surface area contributed by atoms with Gasteiger partial charge in [-0.05, 0) is 31.9 Å². The van der Waals surface area contributed by atoms with Crippen LogP contribution in [0.15, 0.2) is 18.2 Å². The SMILES string of the molecule is CCN1c2cccc(OC)c2NCC12CC2. The number of rotatable bonds is 2. The Morgan fingerprint density at radius 2 is 2.25 bits per heavy atom. The Kier molecular flexibility index (Phi) is 2.03. The van der Waals surface area contributed by atoms with Gasteiger partial charge >= 0.3 is 0 Å². The van der Waals surface area contributed by atoms with Crippen LogP contribution in [-0.4, -0.2) is 25.7 Å². The van der Waals surface area contributed by atoms with E-state index in [0.717, 1.165) is 24.5 Å². The molecule has 0 aromatic heterocycles. The van der Waals surface area contributed by atoms with Gasteiger partial charge in [-0.1, -0.05) is 6.07 Å². The first-order valence-corrected chi connectivity index (χ1v) is 5.99. The molecule has 3 rings (SSSR count). The van der Waals surface area contributed by atoms with Crippen LogP contribution >= 0.6 is 0 Å². The number of nitrogens with one attached hydrogen (secondary N) is 1. The summed E-state index contributed by atoms with van der Waals surface area (Å²) < 4.78 is 5.40. The lowest BCUT2D eigenvalue weighted by atomic mass is 10.1. The molecule has 2 aliphatic rings. The predicted molar refractivity (Wildman–Crippen MR) is 66.5 cm³/mol. The highest BCUT2D eigenvalue weighted by atomic mass is 16.5. The molecule has 1 fully saturated rings. The summed E-state index contributed by atoms with van der Waals surface area (Å²) in [6.07, 6.45) is 2.62. The Bertz CT molecular complexity index is 412. The second-order valence-electron chi connectivity index (χ2n) is 4.68. The highest BCUT2D eigenvalue weighted by molar-refractivity contribution is 5.80. The van der Waals surface area contributed by atoms with Crippen molar-refractivity contribution >= 4 is 11.4 Å². The Labute approximate surface area is 96.4 Å². The van der Waals surface area contributed by atoms with Gasteiger partial charge in [-0.2, -0.15) is 0 Å². The van der Waals surface area contributed by atoms with E-state index in [1.54, 1.807) is 7.11 Å². The fourth-order valence-electron chi connectivity index (χ4n) is 2.79. The van der Waals surface area contributed by atoms with Crippen LogP contribution in [-0.2, 0) is 0 Å². The number of nitrogens with zero attached hydrogens (tertiary/aromatic N) is 1. The summed E-state index contributed by atoms with van der Waals surface area (Å²) in [5.74, 6) is 0.950. The summed E-state index contributed by atoms with van der Waals surface area (Å²) in [6.45, 7) is 4.35. The zero-order valence-corrected chi connectivity index (χ0v) is 9.92. The molecule has 1 saturated carbocycles. The van der Waals surface area contributed by atoms with Gasteiger partial charge < -0.3 is 15.0 Å². The molecule has 1 aliphatic heterocycles. The quantitative estimate of drug-likeness (QED) is 0.825. The van der Waals surface area contributed by atoms with Gasteiger partial charge in [0.15, 0.2) is 0 Å². The van der Waals surface area contributed by atoms with Crippen molar-refractivity contribution in [3.8, 4) is 5.75 Å². The van der Waals surface area contributed by atoms with E-state index >= 15 is 0 Å². The Morgan fingerprint density at radius 3 is 2.88 bits per heavy atom. The van der Waals surface area contributed by atoms with E-state index in [4.69, 9.17) is 4.74 Å². The number of likely N-dealkylation sites (N-methyl/N-ethyl adjacent to an activating group) is 1. The molecule has 1 N–H and O–H groups in total. The highest BCUT2D eigenvalue weighted by Crippen LogP contribution is 2.51. The smallest absolute Gasteiger partial charge is 0.144 e. The van der Waals surface area contributed by atoms with Crippen molar-refractivity contribution in [1.29, 1.82) is 0 Å². The van der Waals surface area contributed by atoms with Gasteiger partial charge in [0.2, 0.25) is 0 Å². The molecule has 16 heavy (non-hydrogen) atoms. The van der Waals surface area contributed by atoms with Crippen molar-refractivity contribution in [3.63, 3.8) is 0 Å². The second kappa shape index (κ2) is 3.30. The lowest BCUT2D eigenvalue weighted by molar-refractivity contribution is 0.415. The Balaban J connectivity index is 2.08. The number of anilines is 2. The maximum Gasteiger partial charge on any atom is 0.144 e. The summed E-state index contributed by atoms with van der Waals surface area (Å²) in [4.78, 5) is 2.53. The van der Waals surface area contributed by atoms with Crippen molar-refractivity contribution < 1.29 is 4.74 Å². The fourth-order valence-corrected chi connectivity index (χ4v) is 2.79. The van der Waals surface area contributed by atoms with Crippen LogP contribution in [0.4, 0.5) is 11.4 Å².